The fourth-order valence-corrected chi connectivity index (χ4v) is 2.73. The molecule has 0 aromatic heterocycles. The van der Waals surface area contributed by atoms with Crippen molar-refractivity contribution in [2.45, 2.75) is 18.9 Å². The van der Waals surface area contributed by atoms with Crippen LogP contribution in [0.1, 0.15) is 34.0 Å². The first kappa shape index (κ1) is 16.2. The predicted molar refractivity (Wildman–Crippen MR) is 88.5 cm³/mol. The number of nitrogens with zero attached hydrogens (tertiary/aromatic N) is 2. The highest BCUT2D eigenvalue weighted by molar-refractivity contribution is 6.02. The maximum absolute atomic E-state index is 12.7. The molecule has 3 rings (SSSR count). The van der Waals surface area contributed by atoms with Gasteiger partial charge >= 0.3 is 5.97 Å². The molecule has 6 heteroatoms. The van der Waals surface area contributed by atoms with E-state index >= 15 is 0 Å². The van der Waals surface area contributed by atoms with Crippen LogP contribution in [0.25, 0.3) is 0 Å². The fourth-order valence-electron chi connectivity index (χ4n) is 2.73. The normalized spacial score (nSPS) is 18.3. The quantitative estimate of drug-likeness (QED) is 0.852. The highest BCUT2D eigenvalue weighted by Crippen LogP contribution is 2.29. The van der Waals surface area contributed by atoms with E-state index in [0.717, 1.165) is 5.56 Å². The van der Waals surface area contributed by atoms with Crippen molar-refractivity contribution >= 4 is 17.6 Å². The zero-order valence-electron chi connectivity index (χ0n) is 13.4. The molecule has 1 atom stereocenters. The number of cyclic esters (lactones) is 1. The van der Waals surface area contributed by atoms with Crippen LogP contribution in [0.3, 0.4) is 0 Å². The molecule has 1 aliphatic rings. The van der Waals surface area contributed by atoms with Gasteiger partial charge in [0.05, 0.1) is 16.7 Å². The zero-order chi connectivity index (χ0) is 18.0. The molecule has 1 aliphatic heterocycles. The molecule has 122 valence electrons. The lowest BCUT2D eigenvalue weighted by Gasteiger charge is -2.33. The minimum absolute atomic E-state index is 0.163. The van der Waals surface area contributed by atoms with E-state index in [0.29, 0.717) is 11.3 Å². The number of rotatable bonds is 2. The van der Waals surface area contributed by atoms with E-state index in [1.54, 1.807) is 31.2 Å². The Kier molecular flexibility index (Phi) is 3.96. The first-order chi connectivity index (χ1) is 12.0. The molecular formula is C19H13N3O3. The van der Waals surface area contributed by atoms with Crippen LogP contribution in [-0.4, -0.2) is 17.5 Å². The third-order valence-electron chi connectivity index (χ3n) is 4.08. The number of nitrogens with one attached hydrogen (secondary N) is 1. The summed E-state index contributed by atoms with van der Waals surface area (Å²) in [5, 5.41) is 20.7. The molecule has 6 nitrogen and oxygen atoms in total. The number of esters is 1. The standard InChI is InChI=1S/C19H13N3O3/c1-19(9-12-4-2-3-5-16(12)17(23)25-19)18(24)22-15-7-6-13(10-20)14(8-15)11-21/h2-8H,9H2,1H3,(H,22,24)/t19-/m0/s1. The van der Waals surface area contributed by atoms with Gasteiger partial charge < -0.3 is 10.1 Å². The molecule has 1 amide bonds. The van der Waals surface area contributed by atoms with Crippen LogP contribution in [0.4, 0.5) is 5.69 Å². The number of amides is 1. The summed E-state index contributed by atoms with van der Waals surface area (Å²) in [5.41, 5.74) is 0.594. The summed E-state index contributed by atoms with van der Waals surface area (Å²) in [5.74, 6) is -1.04. The molecule has 0 bridgehead atoms. The van der Waals surface area contributed by atoms with Gasteiger partial charge in [-0.2, -0.15) is 10.5 Å². The molecule has 1 heterocycles. The second-order valence-electron chi connectivity index (χ2n) is 5.89. The predicted octanol–water partition coefficient (Wildman–Crippen LogP) is 2.54. The van der Waals surface area contributed by atoms with Crippen molar-refractivity contribution in [1.29, 1.82) is 10.5 Å². The summed E-state index contributed by atoms with van der Waals surface area (Å²) in [7, 11) is 0. The number of carbonyl (C=O) groups is 2. The van der Waals surface area contributed by atoms with Gasteiger partial charge in [-0.3, -0.25) is 4.79 Å². The van der Waals surface area contributed by atoms with Gasteiger partial charge in [-0.05, 0) is 36.8 Å². The van der Waals surface area contributed by atoms with Crippen LogP contribution in [0.2, 0.25) is 0 Å². The van der Waals surface area contributed by atoms with Crippen molar-refractivity contribution in [2.24, 2.45) is 0 Å². The largest absolute Gasteiger partial charge is 0.445 e. The highest BCUT2D eigenvalue weighted by Gasteiger charge is 2.42. The third kappa shape index (κ3) is 2.93. The number of benzene rings is 2. The van der Waals surface area contributed by atoms with Crippen LogP contribution in [0.5, 0.6) is 0 Å². The summed E-state index contributed by atoms with van der Waals surface area (Å²) in [6.45, 7) is 1.55. The monoisotopic (exact) mass is 331 g/mol. The Morgan fingerprint density at radius 1 is 1.16 bits per heavy atom. The second-order valence-corrected chi connectivity index (χ2v) is 5.89. The van der Waals surface area contributed by atoms with Gasteiger partial charge in [0.25, 0.3) is 5.91 Å². The van der Waals surface area contributed by atoms with E-state index in [-0.39, 0.29) is 17.5 Å². The van der Waals surface area contributed by atoms with Crippen molar-refractivity contribution in [3.8, 4) is 12.1 Å². The van der Waals surface area contributed by atoms with Crippen LogP contribution in [0.15, 0.2) is 42.5 Å². The number of ether oxygens (including phenoxy) is 1. The highest BCUT2D eigenvalue weighted by atomic mass is 16.6. The van der Waals surface area contributed by atoms with Crippen molar-refractivity contribution in [2.75, 3.05) is 5.32 Å². The Morgan fingerprint density at radius 3 is 2.60 bits per heavy atom. The van der Waals surface area contributed by atoms with Gasteiger partial charge in [0, 0.05) is 12.1 Å². The van der Waals surface area contributed by atoms with Crippen molar-refractivity contribution < 1.29 is 14.3 Å². The average molecular weight is 331 g/mol. The lowest BCUT2D eigenvalue weighted by Crippen LogP contribution is -2.48. The number of hydrogen-bond donors (Lipinski definition) is 1. The number of nitriles is 2. The van der Waals surface area contributed by atoms with Gasteiger partial charge in [-0.15, -0.1) is 0 Å². The van der Waals surface area contributed by atoms with E-state index < -0.39 is 17.5 Å². The molecule has 0 unspecified atom stereocenters. The fraction of sp³-hybridized carbons (Fsp3) is 0.158. The molecule has 0 saturated heterocycles. The summed E-state index contributed by atoms with van der Waals surface area (Å²) < 4.78 is 5.37. The number of fused-ring (bicyclic) bond motifs is 1. The Balaban J connectivity index is 1.86. The Morgan fingerprint density at radius 2 is 1.88 bits per heavy atom. The molecule has 0 aliphatic carbocycles. The summed E-state index contributed by atoms with van der Waals surface area (Å²) >= 11 is 0. The summed E-state index contributed by atoms with van der Waals surface area (Å²) in [4.78, 5) is 24.8. The molecule has 0 radical (unpaired) electrons. The summed E-state index contributed by atoms with van der Waals surface area (Å²) in [6, 6.07) is 15.2. The maximum atomic E-state index is 12.7. The molecular weight excluding hydrogens is 318 g/mol. The molecule has 25 heavy (non-hydrogen) atoms. The van der Waals surface area contributed by atoms with Gasteiger partial charge in [-0.1, -0.05) is 18.2 Å². The minimum atomic E-state index is -1.36. The minimum Gasteiger partial charge on any atom is -0.445 e. The van der Waals surface area contributed by atoms with Crippen molar-refractivity contribution in [3.63, 3.8) is 0 Å². The van der Waals surface area contributed by atoms with E-state index in [1.807, 2.05) is 12.1 Å². The van der Waals surface area contributed by atoms with Gasteiger partial charge in [0.2, 0.25) is 0 Å². The topological polar surface area (TPSA) is 103 Å². The molecule has 2 aromatic carbocycles. The van der Waals surface area contributed by atoms with Gasteiger partial charge in [0.15, 0.2) is 5.60 Å². The third-order valence-corrected chi connectivity index (χ3v) is 4.08. The second kappa shape index (κ2) is 6.10. The average Bonchev–Trinajstić information content (AvgIpc) is 2.61. The molecule has 0 spiro atoms. The smallest absolute Gasteiger partial charge is 0.339 e. The van der Waals surface area contributed by atoms with Crippen molar-refractivity contribution in [3.05, 3.63) is 64.7 Å². The van der Waals surface area contributed by atoms with Gasteiger partial charge in [-0.25, -0.2) is 4.79 Å². The van der Waals surface area contributed by atoms with Crippen LogP contribution in [0, 0.1) is 22.7 Å². The Hall–Kier alpha value is -3.64. The van der Waals surface area contributed by atoms with Crippen LogP contribution >= 0.6 is 0 Å². The lowest BCUT2D eigenvalue weighted by molar-refractivity contribution is -0.134. The molecule has 0 saturated carbocycles. The van der Waals surface area contributed by atoms with E-state index in [9.17, 15) is 9.59 Å². The number of hydrogen-bond acceptors (Lipinski definition) is 5. The Bertz CT molecular complexity index is 969. The Labute approximate surface area is 144 Å². The number of anilines is 1. The molecule has 2 aromatic rings. The molecule has 0 fully saturated rings. The van der Waals surface area contributed by atoms with E-state index in [4.69, 9.17) is 15.3 Å². The maximum Gasteiger partial charge on any atom is 0.339 e. The summed E-state index contributed by atoms with van der Waals surface area (Å²) in [6.07, 6.45) is 0.252. The molecule has 1 N–H and O–H groups in total. The van der Waals surface area contributed by atoms with Crippen molar-refractivity contribution in [1.82, 2.24) is 0 Å². The van der Waals surface area contributed by atoms with Gasteiger partial charge in [0.1, 0.15) is 12.1 Å². The van der Waals surface area contributed by atoms with E-state index in [2.05, 4.69) is 5.32 Å². The SMILES string of the molecule is C[C@@]1(C(=O)Nc2ccc(C#N)c(C#N)c2)Cc2ccccc2C(=O)O1. The first-order valence-corrected chi connectivity index (χ1v) is 7.54. The zero-order valence-corrected chi connectivity index (χ0v) is 13.4. The lowest BCUT2D eigenvalue weighted by atomic mass is 9.89. The number of carbonyl (C=O) groups excluding carboxylic acids is 2. The van der Waals surface area contributed by atoms with Crippen LogP contribution < -0.4 is 5.32 Å². The van der Waals surface area contributed by atoms with E-state index in [1.165, 1.54) is 18.2 Å². The van der Waals surface area contributed by atoms with Crippen LogP contribution in [-0.2, 0) is 16.0 Å². The first-order valence-electron chi connectivity index (χ1n) is 7.54.